The third-order valence-corrected chi connectivity index (χ3v) is 5.48. The summed E-state index contributed by atoms with van der Waals surface area (Å²) in [5.74, 6) is -0.499. The van der Waals surface area contributed by atoms with Gasteiger partial charge in [-0.1, -0.05) is 48.5 Å². The van der Waals surface area contributed by atoms with Crippen LogP contribution in [0, 0.1) is 0 Å². The van der Waals surface area contributed by atoms with Crippen molar-refractivity contribution in [3.05, 3.63) is 66.2 Å². The maximum atomic E-state index is 13.0. The maximum absolute atomic E-state index is 13.0. The molecule has 0 amide bonds. The van der Waals surface area contributed by atoms with Gasteiger partial charge in [-0.15, -0.1) is 0 Å². The van der Waals surface area contributed by atoms with Crippen LogP contribution >= 0.6 is 7.60 Å². The van der Waals surface area contributed by atoms with E-state index in [1.807, 2.05) is 60.7 Å². The summed E-state index contributed by atoms with van der Waals surface area (Å²) in [7, 11) is -3.22. The fraction of sp³-hybridized carbons (Fsp3) is 0.250. The van der Waals surface area contributed by atoms with E-state index in [1.54, 1.807) is 0 Å². The Morgan fingerprint density at radius 2 is 1.48 bits per heavy atom. The van der Waals surface area contributed by atoms with Crippen LogP contribution in [0.4, 0.5) is 5.69 Å². The molecule has 0 radical (unpaired) electrons. The molecule has 1 heterocycles. The lowest BCUT2D eigenvalue weighted by molar-refractivity contribution is 0.142. The number of para-hydroxylation sites is 1. The van der Waals surface area contributed by atoms with Gasteiger partial charge in [0.15, 0.2) is 5.78 Å². The number of rotatable bonds is 4. The first-order valence-electron chi connectivity index (χ1n) is 7.03. The van der Waals surface area contributed by atoms with Gasteiger partial charge in [-0.2, -0.15) is 0 Å². The zero-order valence-corrected chi connectivity index (χ0v) is 12.5. The van der Waals surface area contributed by atoms with Crippen LogP contribution in [0.2, 0.25) is 0 Å². The molecule has 1 aliphatic heterocycles. The molecule has 1 saturated heterocycles. The van der Waals surface area contributed by atoms with E-state index >= 15 is 0 Å². The number of anilines is 1. The summed E-state index contributed by atoms with van der Waals surface area (Å²) in [5, 5.41) is 3.29. The number of benzene rings is 2. The van der Waals surface area contributed by atoms with Gasteiger partial charge in [0.25, 0.3) is 0 Å². The standard InChI is InChI=1S/C16H18NO3P/c18-21(19-12-7-13-20-21)16(14-8-3-1-4-9-14)17-15-10-5-2-6-11-15/h1-6,8-11,16-17H,7,12-13H2/t16-/m1/s1. The molecule has 2 aromatic carbocycles. The first-order chi connectivity index (χ1) is 10.3. The Morgan fingerprint density at radius 1 is 0.905 bits per heavy atom. The van der Waals surface area contributed by atoms with Gasteiger partial charge in [0.05, 0.1) is 13.2 Å². The molecule has 1 atom stereocenters. The highest BCUT2D eigenvalue weighted by molar-refractivity contribution is 7.54. The van der Waals surface area contributed by atoms with E-state index in [2.05, 4.69) is 5.32 Å². The molecule has 110 valence electrons. The number of hydrogen-bond donors (Lipinski definition) is 1. The van der Waals surface area contributed by atoms with Crippen molar-refractivity contribution >= 4 is 13.3 Å². The van der Waals surface area contributed by atoms with Gasteiger partial charge < -0.3 is 14.4 Å². The van der Waals surface area contributed by atoms with Crippen molar-refractivity contribution in [1.82, 2.24) is 0 Å². The molecule has 0 aliphatic carbocycles. The molecule has 0 spiro atoms. The highest BCUT2D eigenvalue weighted by Gasteiger charge is 2.39. The highest BCUT2D eigenvalue weighted by Crippen LogP contribution is 2.62. The maximum Gasteiger partial charge on any atom is 0.357 e. The van der Waals surface area contributed by atoms with Crippen molar-refractivity contribution in [1.29, 1.82) is 0 Å². The monoisotopic (exact) mass is 303 g/mol. The molecule has 0 aromatic heterocycles. The van der Waals surface area contributed by atoms with E-state index in [0.29, 0.717) is 13.2 Å². The van der Waals surface area contributed by atoms with Crippen LogP contribution in [0.25, 0.3) is 0 Å². The summed E-state index contributed by atoms with van der Waals surface area (Å²) < 4.78 is 24.1. The molecular weight excluding hydrogens is 285 g/mol. The lowest BCUT2D eigenvalue weighted by atomic mass is 10.2. The van der Waals surface area contributed by atoms with Crippen LogP contribution in [0.1, 0.15) is 17.8 Å². The third-order valence-electron chi connectivity index (χ3n) is 3.34. The van der Waals surface area contributed by atoms with E-state index in [-0.39, 0.29) is 0 Å². The Bertz CT molecular complexity index is 608. The zero-order chi connectivity index (χ0) is 14.5. The lowest BCUT2D eigenvalue weighted by Gasteiger charge is -2.31. The first kappa shape index (κ1) is 14.3. The molecule has 1 N–H and O–H groups in total. The summed E-state index contributed by atoms with van der Waals surface area (Å²) >= 11 is 0. The predicted octanol–water partition coefficient (Wildman–Crippen LogP) is 4.43. The van der Waals surface area contributed by atoms with Gasteiger partial charge in [0.1, 0.15) is 0 Å². The first-order valence-corrected chi connectivity index (χ1v) is 8.64. The van der Waals surface area contributed by atoms with Gasteiger partial charge in [-0.25, -0.2) is 0 Å². The van der Waals surface area contributed by atoms with Crippen molar-refractivity contribution < 1.29 is 13.6 Å². The average Bonchev–Trinajstić information content (AvgIpc) is 2.55. The van der Waals surface area contributed by atoms with E-state index in [1.165, 1.54) is 0 Å². The van der Waals surface area contributed by atoms with E-state index in [9.17, 15) is 4.57 Å². The minimum absolute atomic E-state index is 0.469. The largest absolute Gasteiger partial charge is 0.368 e. The van der Waals surface area contributed by atoms with Crippen LogP contribution in [0.15, 0.2) is 60.7 Å². The second-order valence-corrected chi connectivity index (χ2v) is 7.00. The second kappa shape index (κ2) is 6.44. The van der Waals surface area contributed by atoms with Gasteiger partial charge in [-0.05, 0) is 24.1 Å². The normalized spacial score (nSPS) is 18.9. The van der Waals surface area contributed by atoms with Crippen molar-refractivity contribution in [2.24, 2.45) is 0 Å². The molecule has 1 fully saturated rings. The summed E-state index contributed by atoms with van der Waals surface area (Å²) in [6.07, 6.45) is 0.775. The second-order valence-electron chi connectivity index (χ2n) is 4.88. The molecule has 4 nitrogen and oxygen atoms in total. The van der Waals surface area contributed by atoms with Crippen molar-refractivity contribution in [2.45, 2.75) is 12.2 Å². The van der Waals surface area contributed by atoms with Crippen LogP contribution < -0.4 is 5.32 Å². The Hall–Kier alpha value is -1.61. The molecule has 2 aromatic rings. The smallest absolute Gasteiger partial charge is 0.357 e. The van der Waals surface area contributed by atoms with Crippen LogP contribution in [-0.2, 0) is 13.6 Å². The topological polar surface area (TPSA) is 47.6 Å². The minimum Gasteiger partial charge on any atom is -0.368 e. The molecule has 0 saturated carbocycles. The molecule has 0 bridgehead atoms. The average molecular weight is 303 g/mol. The van der Waals surface area contributed by atoms with Gasteiger partial charge >= 0.3 is 7.60 Å². The Balaban J connectivity index is 1.93. The molecule has 1 aliphatic rings. The van der Waals surface area contributed by atoms with Crippen molar-refractivity contribution in [3.8, 4) is 0 Å². The summed E-state index contributed by atoms with van der Waals surface area (Å²) in [6.45, 7) is 0.939. The van der Waals surface area contributed by atoms with Crippen LogP contribution in [0.5, 0.6) is 0 Å². The van der Waals surface area contributed by atoms with Crippen molar-refractivity contribution in [2.75, 3.05) is 18.5 Å². The van der Waals surface area contributed by atoms with Crippen molar-refractivity contribution in [3.63, 3.8) is 0 Å². The Morgan fingerprint density at radius 3 is 2.10 bits per heavy atom. The summed E-state index contributed by atoms with van der Waals surface area (Å²) in [4.78, 5) is 0. The predicted molar refractivity (Wildman–Crippen MR) is 83.4 cm³/mol. The van der Waals surface area contributed by atoms with E-state index in [0.717, 1.165) is 17.7 Å². The molecular formula is C16H18NO3P. The van der Waals surface area contributed by atoms with E-state index < -0.39 is 13.4 Å². The quantitative estimate of drug-likeness (QED) is 0.849. The lowest BCUT2D eigenvalue weighted by Crippen LogP contribution is -2.19. The number of hydrogen-bond acceptors (Lipinski definition) is 4. The minimum atomic E-state index is -3.22. The number of nitrogens with one attached hydrogen (secondary N) is 1. The Labute approximate surface area is 124 Å². The zero-order valence-electron chi connectivity index (χ0n) is 11.6. The fourth-order valence-corrected chi connectivity index (χ4v) is 4.29. The molecule has 0 unspecified atom stereocenters. The van der Waals surface area contributed by atoms with Gasteiger partial charge in [0, 0.05) is 5.69 Å². The summed E-state index contributed by atoms with van der Waals surface area (Å²) in [6, 6.07) is 19.3. The third kappa shape index (κ3) is 3.35. The molecule has 3 rings (SSSR count). The highest BCUT2D eigenvalue weighted by atomic mass is 31.2. The molecule has 21 heavy (non-hydrogen) atoms. The van der Waals surface area contributed by atoms with Crippen LogP contribution in [-0.4, -0.2) is 13.2 Å². The summed E-state index contributed by atoms with van der Waals surface area (Å²) in [5.41, 5.74) is 1.78. The SMILES string of the molecule is O=P1([C@@H](Nc2ccccc2)c2ccccc2)OCCCO1. The molecule has 5 heteroatoms. The Kier molecular flexibility index (Phi) is 4.39. The van der Waals surface area contributed by atoms with E-state index in [4.69, 9.17) is 9.05 Å². The van der Waals surface area contributed by atoms with Gasteiger partial charge in [-0.3, -0.25) is 4.57 Å². The van der Waals surface area contributed by atoms with Gasteiger partial charge in [0.2, 0.25) is 0 Å². The fourth-order valence-electron chi connectivity index (χ4n) is 2.30. The van der Waals surface area contributed by atoms with Crippen LogP contribution in [0.3, 0.4) is 0 Å².